The molecule has 2 unspecified atom stereocenters. The third kappa shape index (κ3) is 4.92. The lowest BCUT2D eigenvalue weighted by Crippen LogP contribution is -2.29. The van der Waals surface area contributed by atoms with Crippen molar-refractivity contribution in [3.63, 3.8) is 0 Å². The second-order valence-corrected chi connectivity index (χ2v) is 11.2. The molecule has 2 N–H and O–H groups in total. The Balaban J connectivity index is 1.64. The maximum Gasteiger partial charge on any atom is 0.300 e. The molecule has 0 bridgehead atoms. The highest BCUT2D eigenvalue weighted by molar-refractivity contribution is 6.51. The van der Waals surface area contributed by atoms with Crippen LogP contribution in [0.4, 0.5) is 11.4 Å². The number of amides is 2. The Hall–Kier alpha value is -4.39. The topological polar surface area (TPSA) is 95.9 Å². The third-order valence-electron chi connectivity index (χ3n) is 7.17. The van der Waals surface area contributed by atoms with Crippen molar-refractivity contribution in [1.82, 2.24) is 0 Å². The maximum absolute atomic E-state index is 13.5. The van der Waals surface area contributed by atoms with Crippen LogP contribution in [0.1, 0.15) is 62.9 Å². The van der Waals surface area contributed by atoms with Crippen LogP contribution in [0, 0.1) is 0 Å². The number of ketones is 1. The van der Waals surface area contributed by atoms with Crippen molar-refractivity contribution in [3.05, 3.63) is 94.6 Å². The normalized spacial score (nSPS) is 20.1. The summed E-state index contributed by atoms with van der Waals surface area (Å²) in [7, 11) is 0. The van der Waals surface area contributed by atoms with Gasteiger partial charge < -0.3 is 15.2 Å². The van der Waals surface area contributed by atoms with Gasteiger partial charge in [-0.15, -0.1) is 0 Å². The minimum atomic E-state index is -0.839. The lowest BCUT2D eigenvalue weighted by atomic mass is 9.85. The van der Waals surface area contributed by atoms with E-state index in [9.17, 15) is 19.5 Å². The number of carbonyl (C=O) groups is 3. The summed E-state index contributed by atoms with van der Waals surface area (Å²) in [6.45, 7) is 9.73. The molecular weight excluding hydrogens is 492 g/mol. The van der Waals surface area contributed by atoms with Crippen molar-refractivity contribution < 1.29 is 24.2 Å². The highest BCUT2D eigenvalue weighted by Crippen LogP contribution is 2.43. The van der Waals surface area contributed by atoms with Gasteiger partial charge in [0.1, 0.15) is 17.6 Å². The van der Waals surface area contributed by atoms with Gasteiger partial charge in [0, 0.05) is 30.3 Å². The maximum atomic E-state index is 13.5. The number of carbonyl (C=O) groups excluding carboxylic acids is 3. The lowest BCUT2D eigenvalue weighted by Gasteiger charge is -2.27. The zero-order valence-electron chi connectivity index (χ0n) is 22.7. The van der Waals surface area contributed by atoms with Gasteiger partial charge in [0.2, 0.25) is 5.91 Å². The Labute approximate surface area is 228 Å². The number of nitrogens with one attached hydrogen (secondary N) is 1. The number of fused-ring (bicyclic) bond motifs is 1. The Morgan fingerprint density at radius 1 is 1.00 bits per heavy atom. The van der Waals surface area contributed by atoms with Crippen LogP contribution >= 0.6 is 0 Å². The van der Waals surface area contributed by atoms with Crippen molar-refractivity contribution in [2.75, 3.05) is 10.2 Å². The third-order valence-corrected chi connectivity index (χ3v) is 7.17. The van der Waals surface area contributed by atoms with E-state index in [4.69, 9.17) is 4.74 Å². The summed E-state index contributed by atoms with van der Waals surface area (Å²) in [6.07, 6.45) is 0.730. The van der Waals surface area contributed by atoms with Crippen LogP contribution in [0.5, 0.6) is 5.75 Å². The molecule has 2 aliphatic rings. The van der Waals surface area contributed by atoms with Gasteiger partial charge in [0.25, 0.3) is 11.7 Å². The molecule has 2 heterocycles. The van der Waals surface area contributed by atoms with Crippen LogP contribution in [0.3, 0.4) is 0 Å². The summed E-state index contributed by atoms with van der Waals surface area (Å²) in [6, 6.07) is 19.0. The fourth-order valence-corrected chi connectivity index (χ4v) is 5.21. The molecule has 0 aromatic heterocycles. The van der Waals surface area contributed by atoms with Crippen LogP contribution in [-0.4, -0.2) is 28.8 Å². The van der Waals surface area contributed by atoms with Crippen LogP contribution in [0.2, 0.25) is 0 Å². The van der Waals surface area contributed by atoms with Crippen molar-refractivity contribution in [1.29, 1.82) is 0 Å². The lowest BCUT2D eigenvalue weighted by molar-refractivity contribution is -0.132. The first kappa shape index (κ1) is 26.2. The summed E-state index contributed by atoms with van der Waals surface area (Å²) >= 11 is 0. The second kappa shape index (κ2) is 9.73. The predicted octanol–water partition coefficient (Wildman–Crippen LogP) is 5.89. The van der Waals surface area contributed by atoms with Crippen molar-refractivity contribution >= 4 is 34.7 Å². The standard InChI is InChI=1S/C32H32N2O5/c1-18-16-22-17-21(8-15-26(22)39-18)29(36)27-28(20-6-9-23(10-7-20)32(3,4)5)34(31(38)30(27)37)25-13-11-24(12-14-25)33-19(2)35/h6-15,17-18,28,36H,16H2,1-5H3,(H,33,35)/b29-27-. The van der Waals surface area contributed by atoms with E-state index in [2.05, 4.69) is 26.1 Å². The van der Waals surface area contributed by atoms with Crippen molar-refractivity contribution in [2.24, 2.45) is 0 Å². The number of benzene rings is 3. The molecule has 0 aliphatic carbocycles. The van der Waals surface area contributed by atoms with E-state index in [1.54, 1.807) is 36.4 Å². The highest BCUT2D eigenvalue weighted by atomic mass is 16.5. The minimum absolute atomic E-state index is 0.0290. The van der Waals surface area contributed by atoms with Crippen LogP contribution in [-0.2, 0) is 26.2 Å². The molecule has 2 atom stereocenters. The first-order chi connectivity index (χ1) is 18.4. The van der Waals surface area contributed by atoms with Gasteiger partial charge in [-0.3, -0.25) is 19.3 Å². The molecule has 0 spiro atoms. The minimum Gasteiger partial charge on any atom is -0.507 e. The SMILES string of the molecule is CC(=O)Nc1ccc(N2C(=O)C(=O)/C(=C(\O)c3ccc4c(c3)CC(C)O4)C2c2ccc(C(C)(C)C)cc2)cc1. The molecule has 39 heavy (non-hydrogen) atoms. The molecule has 0 saturated carbocycles. The van der Waals surface area contributed by atoms with Gasteiger partial charge in [0.15, 0.2) is 0 Å². The summed E-state index contributed by atoms with van der Waals surface area (Å²) in [5.41, 5.74) is 4.21. The number of ether oxygens (including phenoxy) is 1. The van der Waals surface area contributed by atoms with Gasteiger partial charge in [-0.25, -0.2) is 0 Å². The number of aliphatic hydroxyl groups is 1. The molecule has 1 fully saturated rings. The molecule has 7 heteroatoms. The van der Waals surface area contributed by atoms with E-state index in [1.807, 2.05) is 37.3 Å². The van der Waals surface area contributed by atoms with Crippen molar-refractivity contribution in [3.8, 4) is 5.75 Å². The van der Waals surface area contributed by atoms with E-state index >= 15 is 0 Å². The van der Waals surface area contributed by atoms with Crippen LogP contribution in [0.15, 0.2) is 72.3 Å². The van der Waals surface area contributed by atoms with E-state index in [-0.39, 0.29) is 28.8 Å². The number of hydrogen-bond donors (Lipinski definition) is 2. The fraction of sp³-hybridized carbons (Fsp3) is 0.281. The van der Waals surface area contributed by atoms with E-state index < -0.39 is 17.7 Å². The number of Topliss-reactive ketones (excluding diaryl/α,β-unsaturated/α-hetero) is 1. The Kier molecular flexibility index (Phi) is 6.54. The predicted molar refractivity (Wildman–Crippen MR) is 151 cm³/mol. The first-order valence-corrected chi connectivity index (χ1v) is 13.0. The number of hydrogen-bond acceptors (Lipinski definition) is 5. The highest BCUT2D eigenvalue weighted by Gasteiger charge is 2.47. The quantitative estimate of drug-likeness (QED) is 0.252. The Morgan fingerprint density at radius 3 is 2.28 bits per heavy atom. The molecular formula is C32H32N2O5. The van der Waals surface area contributed by atoms with Gasteiger partial charge in [0.05, 0.1) is 11.6 Å². The molecule has 1 saturated heterocycles. The average molecular weight is 525 g/mol. The molecule has 2 aliphatic heterocycles. The monoisotopic (exact) mass is 524 g/mol. The van der Waals surface area contributed by atoms with Crippen LogP contribution in [0.25, 0.3) is 5.76 Å². The molecule has 2 amide bonds. The van der Waals surface area contributed by atoms with E-state index in [0.29, 0.717) is 28.9 Å². The van der Waals surface area contributed by atoms with Crippen molar-refractivity contribution in [2.45, 2.75) is 58.6 Å². The summed E-state index contributed by atoms with van der Waals surface area (Å²) < 4.78 is 5.79. The Morgan fingerprint density at radius 2 is 1.67 bits per heavy atom. The summed E-state index contributed by atoms with van der Waals surface area (Å²) in [5, 5.41) is 14.2. The zero-order chi connectivity index (χ0) is 28.1. The number of nitrogens with zero attached hydrogens (tertiary/aromatic N) is 1. The van der Waals surface area contributed by atoms with Crippen LogP contribution < -0.4 is 15.0 Å². The molecule has 200 valence electrons. The van der Waals surface area contributed by atoms with Gasteiger partial charge in [-0.1, -0.05) is 45.0 Å². The zero-order valence-corrected chi connectivity index (χ0v) is 22.7. The fourth-order valence-electron chi connectivity index (χ4n) is 5.21. The molecule has 3 aromatic rings. The van der Waals surface area contributed by atoms with E-state index in [1.165, 1.54) is 11.8 Å². The number of rotatable bonds is 4. The smallest absolute Gasteiger partial charge is 0.300 e. The summed E-state index contributed by atoms with van der Waals surface area (Å²) in [5.74, 6) is -1.16. The van der Waals surface area contributed by atoms with Gasteiger partial charge in [-0.05, 0) is 71.5 Å². The Bertz CT molecular complexity index is 1500. The van der Waals surface area contributed by atoms with Gasteiger partial charge in [-0.2, -0.15) is 0 Å². The number of aliphatic hydroxyl groups excluding tert-OH is 1. The average Bonchev–Trinajstić information content (AvgIpc) is 3.38. The molecule has 7 nitrogen and oxygen atoms in total. The molecule has 3 aromatic carbocycles. The molecule has 5 rings (SSSR count). The number of anilines is 2. The second-order valence-electron chi connectivity index (χ2n) is 11.2. The van der Waals surface area contributed by atoms with E-state index in [0.717, 1.165) is 16.9 Å². The first-order valence-electron chi connectivity index (χ1n) is 13.0. The van der Waals surface area contributed by atoms with Gasteiger partial charge >= 0.3 is 0 Å². The summed E-state index contributed by atoms with van der Waals surface area (Å²) in [4.78, 5) is 39.9. The molecule has 0 radical (unpaired) electrons. The largest absolute Gasteiger partial charge is 0.507 e.